The van der Waals surface area contributed by atoms with E-state index in [1.807, 2.05) is 6.92 Å². The van der Waals surface area contributed by atoms with Crippen LogP contribution >= 0.6 is 0 Å². The van der Waals surface area contributed by atoms with Crippen molar-refractivity contribution in [1.29, 1.82) is 0 Å². The van der Waals surface area contributed by atoms with Crippen LogP contribution in [-0.4, -0.2) is 44.2 Å². The fourth-order valence-electron chi connectivity index (χ4n) is 1.71. The van der Waals surface area contributed by atoms with Crippen LogP contribution in [0.1, 0.15) is 24.8 Å². The monoisotopic (exact) mass is 318 g/mol. The van der Waals surface area contributed by atoms with Crippen molar-refractivity contribution in [2.24, 2.45) is 0 Å². The van der Waals surface area contributed by atoms with Crippen LogP contribution in [0.25, 0.3) is 0 Å². The summed E-state index contributed by atoms with van der Waals surface area (Å²) in [7, 11) is -4.02. The third-order valence-corrected chi connectivity index (χ3v) is 3.73. The number of aryl methyl sites for hydroxylation is 1. The van der Waals surface area contributed by atoms with E-state index < -0.39 is 10.1 Å². The maximum atomic E-state index is 10.5. The smallest absolute Gasteiger partial charge is 0.294 e. The van der Waals surface area contributed by atoms with Gasteiger partial charge in [0.05, 0.1) is 18.1 Å². The molecule has 0 bridgehead atoms. The number of hydrogen-bond acceptors (Lipinski definition) is 5. The lowest BCUT2D eigenvalue weighted by Gasteiger charge is -2.06. The highest BCUT2D eigenvalue weighted by Gasteiger charge is 2.14. The standard InChI is InChI=1S/C7H8O3S.C7H14O3/c1-6-2-4-7(5-3-6)11(8,9)10;8-4-2-1-3-7-9-5-6-10-7/h2-5H,1H3,(H,8,9,10);7-8H,1-6H2. The van der Waals surface area contributed by atoms with Gasteiger partial charge in [-0.1, -0.05) is 17.7 Å². The molecule has 120 valence electrons. The summed E-state index contributed by atoms with van der Waals surface area (Å²) < 4.78 is 39.9. The molecule has 2 rings (SSSR count). The third kappa shape index (κ3) is 7.54. The maximum Gasteiger partial charge on any atom is 0.294 e. The normalized spacial score (nSPS) is 15.6. The van der Waals surface area contributed by atoms with Crippen LogP contribution in [0, 0.1) is 6.92 Å². The first kappa shape index (κ1) is 18.1. The van der Waals surface area contributed by atoms with Crippen LogP contribution in [0.4, 0.5) is 0 Å². The minimum absolute atomic E-state index is 0.00606. The maximum absolute atomic E-state index is 10.5. The molecule has 0 amide bonds. The third-order valence-electron chi connectivity index (χ3n) is 2.86. The van der Waals surface area contributed by atoms with Crippen molar-refractivity contribution in [2.75, 3.05) is 19.8 Å². The molecule has 0 spiro atoms. The number of unbranched alkanes of at least 4 members (excludes halogenated alkanes) is 1. The lowest BCUT2D eigenvalue weighted by Crippen LogP contribution is -2.06. The molecule has 0 unspecified atom stereocenters. The summed E-state index contributed by atoms with van der Waals surface area (Å²) in [5.41, 5.74) is 0.956. The van der Waals surface area contributed by atoms with E-state index in [9.17, 15) is 8.42 Å². The molecule has 1 saturated heterocycles. The van der Waals surface area contributed by atoms with E-state index in [1.165, 1.54) is 12.1 Å². The van der Waals surface area contributed by atoms with Gasteiger partial charge in [0.1, 0.15) is 0 Å². The zero-order chi connectivity index (χ0) is 15.7. The number of rotatable bonds is 5. The summed E-state index contributed by atoms with van der Waals surface area (Å²) in [6.07, 6.45) is 2.76. The molecule has 21 heavy (non-hydrogen) atoms. The average Bonchev–Trinajstić information content (AvgIpc) is 2.92. The van der Waals surface area contributed by atoms with Crippen LogP contribution in [0.2, 0.25) is 0 Å². The van der Waals surface area contributed by atoms with Crippen molar-refractivity contribution in [3.63, 3.8) is 0 Å². The van der Waals surface area contributed by atoms with Crippen LogP contribution in [0.5, 0.6) is 0 Å². The number of aliphatic hydroxyl groups excluding tert-OH is 1. The number of benzene rings is 1. The van der Waals surface area contributed by atoms with E-state index in [2.05, 4.69) is 0 Å². The van der Waals surface area contributed by atoms with Crippen molar-refractivity contribution >= 4 is 10.1 Å². The molecule has 1 aliphatic heterocycles. The Morgan fingerprint density at radius 3 is 2.19 bits per heavy atom. The Balaban J connectivity index is 0.000000211. The quantitative estimate of drug-likeness (QED) is 0.635. The van der Waals surface area contributed by atoms with Crippen molar-refractivity contribution < 1.29 is 27.6 Å². The van der Waals surface area contributed by atoms with Gasteiger partial charge in [0, 0.05) is 6.61 Å². The highest BCUT2D eigenvalue weighted by Crippen LogP contribution is 2.10. The molecule has 1 aromatic rings. The molecule has 0 aliphatic carbocycles. The predicted molar refractivity (Wildman–Crippen MR) is 77.6 cm³/mol. The topological polar surface area (TPSA) is 93.1 Å². The Kier molecular flexibility index (Phi) is 7.84. The molecular formula is C14H22O6S. The molecule has 6 nitrogen and oxygen atoms in total. The number of hydrogen-bond donors (Lipinski definition) is 2. The van der Waals surface area contributed by atoms with Crippen LogP contribution < -0.4 is 0 Å². The van der Waals surface area contributed by atoms with E-state index >= 15 is 0 Å². The molecule has 7 heteroatoms. The zero-order valence-corrected chi connectivity index (χ0v) is 12.9. The molecule has 1 heterocycles. The lowest BCUT2D eigenvalue weighted by atomic mass is 10.2. The summed E-state index contributed by atoms with van der Waals surface area (Å²) in [5.74, 6) is 0. The SMILES string of the molecule is Cc1ccc(S(=O)(=O)O)cc1.OCCCCC1OCCO1. The van der Waals surface area contributed by atoms with E-state index in [-0.39, 0.29) is 17.8 Å². The van der Waals surface area contributed by atoms with E-state index in [0.717, 1.165) is 38.0 Å². The molecule has 1 aromatic carbocycles. The first-order chi connectivity index (χ1) is 9.93. The second kappa shape index (κ2) is 9.11. The largest absolute Gasteiger partial charge is 0.396 e. The van der Waals surface area contributed by atoms with Gasteiger partial charge in [-0.15, -0.1) is 0 Å². The number of ether oxygens (including phenoxy) is 2. The van der Waals surface area contributed by atoms with Gasteiger partial charge in [0.25, 0.3) is 10.1 Å². The van der Waals surface area contributed by atoms with Crippen molar-refractivity contribution in [3.05, 3.63) is 29.8 Å². The van der Waals surface area contributed by atoms with Crippen LogP contribution in [0.3, 0.4) is 0 Å². The van der Waals surface area contributed by atoms with Crippen LogP contribution in [0.15, 0.2) is 29.2 Å². The van der Waals surface area contributed by atoms with E-state index in [1.54, 1.807) is 12.1 Å². The minimum atomic E-state index is -4.02. The highest BCUT2D eigenvalue weighted by atomic mass is 32.2. The summed E-state index contributed by atoms with van der Waals surface area (Å²) in [4.78, 5) is -0.0666. The van der Waals surface area contributed by atoms with Gasteiger partial charge in [-0.3, -0.25) is 4.55 Å². The Bertz CT molecular complexity index is 491. The second-order valence-corrected chi connectivity index (χ2v) is 6.10. The Morgan fingerprint density at radius 1 is 1.14 bits per heavy atom. The van der Waals surface area contributed by atoms with Crippen LogP contribution in [-0.2, 0) is 19.6 Å². The minimum Gasteiger partial charge on any atom is -0.396 e. The molecule has 0 atom stereocenters. The number of aliphatic hydroxyl groups is 1. The van der Waals surface area contributed by atoms with Gasteiger partial charge in [0.15, 0.2) is 6.29 Å². The molecule has 1 fully saturated rings. The van der Waals surface area contributed by atoms with Crippen molar-refractivity contribution in [2.45, 2.75) is 37.4 Å². The summed E-state index contributed by atoms with van der Waals surface area (Å²) in [5, 5.41) is 8.46. The zero-order valence-electron chi connectivity index (χ0n) is 12.1. The predicted octanol–water partition coefficient (Wildman–Crippen LogP) is 1.76. The van der Waals surface area contributed by atoms with Gasteiger partial charge < -0.3 is 14.6 Å². The molecule has 0 saturated carbocycles. The Hall–Kier alpha value is -0.990. The second-order valence-electron chi connectivity index (χ2n) is 4.68. The molecule has 0 aromatic heterocycles. The fourth-order valence-corrected chi connectivity index (χ4v) is 2.19. The molecule has 1 aliphatic rings. The first-order valence-corrected chi connectivity index (χ1v) is 8.25. The highest BCUT2D eigenvalue weighted by molar-refractivity contribution is 7.85. The molecule has 0 radical (unpaired) electrons. The van der Waals surface area contributed by atoms with Crippen molar-refractivity contribution in [1.82, 2.24) is 0 Å². The average molecular weight is 318 g/mol. The van der Waals surface area contributed by atoms with Gasteiger partial charge >= 0.3 is 0 Å². The Labute approximate surface area is 125 Å². The Morgan fingerprint density at radius 2 is 1.71 bits per heavy atom. The van der Waals surface area contributed by atoms with Gasteiger partial charge in [0.2, 0.25) is 0 Å². The van der Waals surface area contributed by atoms with E-state index in [4.69, 9.17) is 19.1 Å². The summed E-state index contributed by atoms with van der Waals surface area (Å²) >= 11 is 0. The summed E-state index contributed by atoms with van der Waals surface area (Å²) in [6, 6.07) is 5.99. The molecule has 2 N–H and O–H groups in total. The van der Waals surface area contributed by atoms with Gasteiger partial charge in [-0.2, -0.15) is 8.42 Å². The fraction of sp³-hybridized carbons (Fsp3) is 0.571. The first-order valence-electron chi connectivity index (χ1n) is 6.81. The molecular weight excluding hydrogens is 296 g/mol. The van der Waals surface area contributed by atoms with Gasteiger partial charge in [-0.25, -0.2) is 0 Å². The lowest BCUT2D eigenvalue weighted by molar-refractivity contribution is -0.0483. The summed E-state index contributed by atoms with van der Waals surface area (Å²) in [6.45, 7) is 3.56. The van der Waals surface area contributed by atoms with Gasteiger partial charge in [-0.05, 0) is 38.3 Å². The van der Waals surface area contributed by atoms with Crippen molar-refractivity contribution in [3.8, 4) is 0 Å². The van der Waals surface area contributed by atoms with E-state index in [0.29, 0.717) is 0 Å².